The lowest BCUT2D eigenvalue weighted by atomic mass is 10.3. The first-order chi connectivity index (χ1) is 11.5. The number of carbonyl (C=O) groups is 2. The van der Waals surface area contributed by atoms with E-state index in [-0.39, 0.29) is 16.8 Å². The van der Waals surface area contributed by atoms with Crippen LogP contribution in [0.5, 0.6) is 0 Å². The molecule has 2 aliphatic heterocycles. The zero-order chi connectivity index (χ0) is 17.3. The third kappa shape index (κ3) is 3.09. The Morgan fingerprint density at radius 1 is 1.38 bits per heavy atom. The minimum absolute atomic E-state index is 0.240. The van der Waals surface area contributed by atoms with Crippen LogP contribution in [-0.4, -0.2) is 39.3 Å². The van der Waals surface area contributed by atoms with Crippen molar-refractivity contribution in [3.8, 4) is 0 Å². The third-order valence-corrected chi connectivity index (χ3v) is 6.10. The van der Waals surface area contributed by atoms with E-state index < -0.39 is 5.97 Å². The number of carboxylic acid groups (broad SMARTS) is 1. The number of hydrogen-bond donors (Lipinski definition) is 1. The van der Waals surface area contributed by atoms with Crippen LogP contribution in [0.25, 0.3) is 0 Å². The molecule has 24 heavy (non-hydrogen) atoms. The number of rotatable bonds is 2. The first kappa shape index (κ1) is 17.1. The van der Waals surface area contributed by atoms with Gasteiger partial charge in [-0.05, 0) is 31.2 Å². The van der Waals surface area contributed by atoms with E-state index in [2.05, 4.69) is 24.0 Å². The fraction of sp³-hybridized carbons (Fsp3) is 0.188. The van der Waals surface area contributed by atoms with Gasteiger partial charge in [0, 0.05) is 11.4 Å². The standard InChI is InChI=1S/C16H14N2O3S3/c1-2-17-10-5-3-4-6-11(10)24-13(17)8-7-12-14(19)18(9-23-12)15(22)16(20)21/h3-8H,2,9H2,1H3,(H,20,21). The number of aliphatic carboxylic acids is 1. The average Bonchev–Trinajstić information content (AvgIpc) is 3.12. The predicted octanol–water partition coefficient (Wildman–Crippen LogP) is 3.29. The number of benzene rings is 1. The Kier molecular flexibility index (Phi) is 4.98. The number of thiocarbonyl (C=S) groups is 1. The lowest BCUT2D eigenvalue weighted by Crippen LogP contribution is -2.35. The summed E-state index contributed by atoms with van der Waals surface area (Å²) in [6, 6.07) is 8.15. The Bertz CT molecular complexity index is 789. The van der Waals surface area contributed by atoms with Crippen molar-refractivity contribution in [3.05, 3.63) is 46.4 Å². The van der Waals surface area contributed by atoms with Gasteiger partial charge in [-0.25, -0.2) is 4.79 Å². The molecule has 0 radical (unpaired) electrons. The first-order valence-corrected chi connectivity index (χ1v) is 9.42. The number of carboxylic acids is 1. The number of amides is 1. The number of allylic oxidation sites excluding steroid dienone is 2. The van der Waals surface area contributed by atoms with Crippen LogP contribution in [0.4, 0.5) is 5.69 Å². The summed E-state index contributed by atoms with van der Waals surface area (Å²) in [6.45, 7) is 2.90. The zero-order valence-corrected chi connectivity index (χ0v) is 15.2. The minimum Gasteiger partial charge on any atom is -0.476 e. The van der Waals surface area contributed by atoms with Crippen LogP contribution in [0.3, 0.4) is 0 Å². The van der Waals surface area contributed by atoms with Gasteiger partial charge in [-0.1, -0.05) is 47.9 Å². The normalized spacial score (nSPS) is 20.1. The highest BCUT2D eigenvalue weighted by Gasteiger charge is 2.32. The second-order valence-corrected chi connectivity index (χ2v) is 7.40. The van der Waals surface area contributed by atoms with Gasteiger partial charge in [-0.3, -0.25) is 9.69 Å². The van der Waals surface area contributed by atoms with Crippen molar-refractivity contribution in [2.45, 2.75) is 11.8 Å². The van der Waals surface area contributed by atoms with E-state index in [1.54, 1.807) is 17.8 Å². The van der Waals surface area contributed by atoms with E-state index in [0.717, 1.165) is 22.2 Å². The summed E-state index contributed by atoms with van der Waals surface area (Å²) >= 11 is 7.73. The largest absolute Gasteiger partial charge is 0.476 e. The molecular weight excluding hydrogens is 364 g/mol. The van der Waals surface area contributed by atoms with Gasteiger partial charge in [0.25, 0.3) is 5.91 Å². The van der Waals surface area contributed by atoms with E-state index >= 15 is 0 Å². The topological polar surface area (TPSA) is 60.9 Å². The molecule has 1 amide bonds. The Balaban J connectivity index is 1.81. The number of hydrogen-bond acceptors (Lipinski definition) is 6. The van der Waals surface area contributed by atoms with Crippen molar-refractivity contribution >= 4 is 58.3 Å². The second-order valence-electron chi connectivity index (χ2n) is 4.97. The Labute approximate surface area is 153 Å². The molecule has 0 bridgehead atoms. The Hall–Kier alpha value is -1.77. The molecule has 5 nitrogen and oxygen atoms in total. The number of nitrogens with zero attached hydrogens (tertiary/aromatic N) is 2. The minimum atomic E-state index is -1.25. The molecule has 1 aromatic rings. The quantitative estimate of drug-likeness (QED) is 0.626. The molecule has 2 aliphatic rings. The average molecular weight is 379 g/mol. The smallest absolute Gasteiger partial charge is 0.364 e. The second kappa shape index (κ2) is 7.00. The van der Waals surface area contributed by atoms with Crippen LogP contribution in [-0.2, 0) is 9.59 Å². The van der Waals surface area contributed by atoms with Crippen molar-refractivity contribution in [1.82, 2.24) is 4.90 Å². The maximum atomic E-state index is 12.3. The summed E-state index contributed by atoms with van der Waals surface area (Å²) in [5, 5.41) is 9.97. The van der Waals surface area contributed by atoms with E-state index in [1.165, 1.54) is 16.7 Å². The molecule has 1 fully saturated rings. The summed E-state index contributed by atoms with van der Waals surface area (Å²) in [4.78, 5) is 27.8. The molecular formula is C16H14N2O3S3. The first-order valence-electron chi connectivity index (χ1n) is 7.21. The van der Waals surface area contributed by atoms with Crippen LogP contribution >= 0.6 is 35.7 Å². The number of thioether (sulfide) groups is 2. The molecule has 1 saturated heterocycles. The van der Waals surface area contributed by atoms with E-state index in [4.69, 9.17) is 17.3 Å². The highest BCUT2D eigenvalue weighted by atomic mass is 32.2. The lowest BCUT2D eigenvalue weighted by Gasteiger charge is -2.17. The van der Waals surface area contributed by atoms with Gasteiger partial charge >= 0.3 is 5.97 Å². The summed E-state index contributed by atoms with van der Waals surface area (Å²) in [7, 11) is 0. The lowest BCUT2D eigenvalue weighted by molar-refractivity contribution is -0.131. The number of anilines is 1. The molecule has 1 aromatic carbocycles. The Morgan fingerprint density at radius 3 is 2.83 bits per heavy atom. The number of carbonyl (C=O) groups excluding carboxylic acids is 1. The molecule has 0 spiro atoms. The van der Waals surface area contributed by atoms with Crippen molar-refractivity contribution < 1.29 is 14.7 Å². The highest BCUT2D eigenvalue weighted by Crippen LogP contribution is 2.45. The van der Waals surface area contributed by atoms with Crippen LogP contribution in [0, 0.1) is 0 Å². The van der Waals surface area contributed by atoms with Crippen molar-refractivity contribution in [2.24, 2.45) is 0 Å². The Morgan fingerprint density at radius 2 is 2.12 bits per heavy atom. The van der Waals surface area contributed by atoms with Gasteiger partial charge in [0.15, 0.2) is 4.99 Å². The maximum Gasteiger partial charge on any atom is 0.364 e. The van der Waals surface area contributed by atoms with Crippen molar-refractivity contribution in [3.63, 3.8) is 0 Å². The predicted molar refractivity (Wildman–Crippen MR) is 101 cm³/mol. The summed E-state index contributed by atoms with van der Waals surface area (Å²) in [5.74, 6) is -1.37. The number of para-hydroxylation sites is 1. The molecule has 0 aliphatic carbocycles. The van der Waals surface area contributed by atoms with Crippen LogP contribution in [0.2, 0.25) is 0 Å². The molecule has 0 aromatic heterocycles. The molecule has 1 N–H and O–H groups in total. The van der Waals surface area contributed by atoms with Crippen LogP contribution in [0.1, 0.15) is 6.92 Å². The molecule has 8 heteroatoms. The molecule has 0 saturated carbocycles. The van der Waals surface area contributed by atoms with E-state index in [1.807, 2.05) is 18.2 Å². The summed E-state index contributed by atoms with van der Waals surface area (Å²) < 4.78 is 0. The fourth-order valence-electron chi connectivity index (χ4n) is 2.42. The van der Waals surface area contributed by atoms with Gasteiger partial charge < -0.3 is 10.0 Å². The highest BCUT2D eigenvalue weighted by molar-refractivity contribution is 8.04. The zero-order valence-electron chi connectivity index (χ0n) is 12.8. The van der Waals surface area contributed by atoms with E-state index in [0.29, 0.717) is 4.91 Å². The van der Waals surface area contributed by atoms with Crippen molar-refractivity contribution in [1.29, 1.82) is 0 Å². The van der Waals surface area contributed by atoms with Gasteiger partial charge in [0.2, 0.25) is 0 Å². The molecule has 0 unspecified atom stereocenters. The van der Waals surface area contributed by atoms with Gasteiger partial charge in [-0.15, -0.1) is 0 Å². The van der Waals surface area contributed by atoms with Crippen molar-refractivity contribution in [2.75, 3.05) is 17.3 Å². The molecule has 124 valence electrons. The third-order valence-electron chi connectivity index (χ3n) is 3.56. The molecule has 0 atom stereocenters. The fourth-order valence-corrected chi connectivity index (χ4v) is 4.69. The van der Waals surface area contributed by atoms with Gasteiger partial charge in [0.05, 0.1) is 21.5 Å². The summed E-state index contributed by atoms with van der Waals surface area (Å²) in [5.41, 5.74) is 1.16. The monoisotopic (exact) mass is 378 g/mol. The van der Waals surface area contributed by atoms with Gasteiger partial charge in [0.1, 0.15) is 0 Å². The van der Waals surface area contributed by atoms with E-state index in [9.17, 15) is 9.59 Å². The van der Waals surface area contributed by atoms with Crippen LogP contribution in [0.15, 0.2) is 51.2 Å². The van der Waals surface area contributed by atoms with Crippen LogP contribution < -0.4 is 4.90 Å². The molecule has 2 heterocycles. The SMILES string of the molecule is CCN1C(=CC=C2SCN(C(=S)C(=O)O)C2=O)Sc2ccccc21. The maximum absolute atomic E-state index is 12.3. The summed E-state index contributed by atoms with van der Waals surface area (Å²) in [6.07, 6.45) is 3.65. The molecule has 3 rings (SSSR count). The number of fused-ring (bicyclic) bond motifs is 1. The van der Waals surface area contributed by atoms with Gasteiger partial charge in [-0.2, -0.15) is 0 Å².